The summed E-state index contributed by atoms with van der Waals surface area (Å²) in [5.74, 6) is 11.2. The van der Waals surface area contributed by atoms with Crippen LogP contribution in [0.15, 0.2) is 24.0 Å². The fourth-order valence-corrected chi connectivity index (χ4v) is 1.76. The maximum atomic E-state index is 5.75. The van der Waals surface area contributed by atoms with Gasteiger partial charge in [-0.25, -0.2) is 0 Å². The molecule has 0 unspecified atom stereocenters. The van der Waals surface area contributed by atoms with Gasteiger partial charge in [-0.15, -0.1) is 0 Å². The Morgan fingerprint density at radius 2 is 2.31 bits per heavy atom. The van der Waals surface area contributed by atoms with Crippen LogP contribution in [0.2, 0.25) is 0 Å². The van der Waals surface area contributed by atoms with Crippen LogP contribution in [0.5, 0.6) is 0 Å². The van der Waals surface area contributed by atoms with E-state index in [4.69, 9.17) is 9.47 Å². The lowest BCUT2D eigenvalue weighted by atomic mass is 10.1. The Kier molecular flexibility index (Phi) is 3.34. The highest BCUT2D eigenvalue weighted by molar-refractivity contribution is 5.35. The van der Waals surface area contributed by atoms with Crippen molar-refractivity contribution in [1.29, 1.82) is 0 Å². The van der Waals surface area contributed by atoms with Gasteiger partial charge in [0.05, 0.1) is 6.61 Å². The van der Waals surface area contributed by atoms with Crippen molar-refractivity contribution in [2.24, 2.45) is 0 Å². The lowest BCUT2D eigenvalue weighted by Crippen LogP contribution is -2.34. The lowest BCUT2D eigenvalue weighted by molar-refractivity contribution is -0.191. The van der Waals surface area contributed by atoms with E-state index in [1.54, 1.807) is 13.0 Å². The summed E-state index contributed by atoms with van der Waals surface area (Å²) in [5, 5.41) is 0. The summed E-state index contributed by atoms with van der Waals surface area (Å²) >= 11 is 0. The predicted octanol–water partition coefficient (Wildman–Crippen LogP) is 2.38. The first-order chi connectivity index (χ1) is 7.85. The topological polar surface area (TPSA) is 18.5 Å². The number of ether oxygens (including phenoxy) is 2. The average Bonchev–Trinajstić information content (AvgIpc) is 2.69. The van der Waals surface area contributed by atoms with E-state index < -0.39 is 5.79 Å². The van der Waals surface area contributed by atoms with E-state index in [0.29, 0.717) is 0 Å². The third-order valence-electron chi connectivity index (χ3n) is 2.53. The van der Waals surface area contributed by atoms with Crippen LogP contribution in [0.4, 0.5) is 0 Å². The second kappa shape index (κ2) is 4.92. The maximum absolute atomic E-state index is 5.75. The highest BCUT2D eigenvalue weighted by atomic mass is 16.7. The molecule has 1 spiro atoms. The minimum absolute atomic E-state index is 0.512. The van der Waals surface area contributed by atoms with Gasteiger partial charge >= 0.3 is 0 Å². The number of allylic oxidation sites excluding steroid dienone is 2. The molecule has 0 radical (unpaired) electrons. The summed E-state index contributed by atoms with van der Waals surface area (Å²) in [4.78, 5) is 0. The number of hydrogen-bond acceptors (Lipinski definition) is 2. The summed E-state index contributed by atoms with van der Waals surface area (Å²) in [7, 11) is 0. The van der Waals surface area contributed by atoms with Gasteiger partial charge < -0.3 is 9.47 Å². The summed E-state index contributed by atoms with van der Waals surface area (Å²) in [6.45, 7) is 2.53. The van der Waals surface area contributed by atoms with E-state index in [0.717, 1.165) is 31.6 Å². The van der Waals surface area contributed by atoms with E-state index in [9.17, 15) is 0 Å². The highest BCUT2D eigenvalue weighted by Gasteiger charge is 2.36. The maximum Gasteiger partial charge on any atom is 0.230 e. The summed E-state index contributed by atoms with van der Waals surface area (Å²) in [6, 6.07) is 0. The van der Waals surface area contributed by atoms with E-state index in [2.05, 4.69) is 23.7 Å². The molecule has 82 valence electrons. The second-order valence-corrected chi connectivity index (χ2v) is 3.74. The number of rotatable bonds is 0. The molecule has 0 aromatic rings. The molecule has 2 aliphatic heterocycles. The Hall–Kier alpha value is -1.64. The molecular weight excluding hydrogens is 200 g/mol. The molecule has 0 aromatic heterocycles. The Balaban J connectivity index is 2.00. The molecule has 0 saturated carbocycles. The van der Waals surface area contributed by atoms with Gasteiger partial charge in [-0.05, 0) is 43.8 Å². The smallest absolute Gasteiger partial charge is 0.230 e. The predicted molar refractivity (Wildman–Crippen MR) is 62.1 cm³/mol. The van der Waals surface area contributed by atoms with Crippen LogP contribution >= 0.6 is 0 Å². The van der Waals surface area contributed by atoms with Crippen LogP contribution in [0.25, 0.3) is 0 Å². The van der Waals surface area contributed by atoms with Crippen molar-refractivity contribution in [2.45, 2.75) is 32.0 Å². The van der Waals surface area contributed by atoms with Crippen molar-refractivity contribution < 1.29 is 9.47 Å². The molecular formula is C14H14O2. The fourth-order valence-electron chi connectivity index (χ4n) is 1.76. The fraction of sp³-hybridized carbons (Fsp3) is 0.429. The molecule has 2 heteroatoms. The molecule has 1 saturated heterocycles. The monoisotopic (exact) mass is 214 g/mol. The Morgan fingerprint density at radius 1 is 1.38 bits per heavy atom. The van der Waals surface area contributed by atoms with Gasteiger partial charge in [0, 0.05) is 12.5 Å². The largest absolute Gasteiger partial charge is 0.458 e. The summed E-state index contributed by atoms with van der Waals surface area (Å²) < 4.78 is 11.4. The molecule has 16 heavy (non-hydrogen) atoms. The van der Waals surface area contributed by atoms with Crippen molar-refractivity contribution in [2.75, 3.05) is 6.61 Å². The normalized spacial score (nSPS) is 29.2. The molecule has 1 fully saturated rings. The van der Waals surface area contributed by atoms with Crippen molar-refractivity contribution in [3.63, 3.8) is 0 Å². The van der Waals surface area contributed by atoms with Crippen molar-refractivity contribution in [3.05, 3.63) is 24.0 Å². The quantitative estimate of drug-likeness (QED) is 0.576. The minimum atomic E-state index is -0.512. The van der Waals surface area contributed by atoms with E-state index >= 15 is 0 Å². The molecule has 2 heterocycles. The molecule has 0 aliphatic carbocycles. The van der Waals surface area contributed by atoms with Crippen LogP contribution in [-0.4, -0.2) is 12.4 Å². The van der Waals surface area contributed by atoms with E-state index in [1.807, 2.05) is 12.2 Å². The van der Waals surface area contributed by atoms with Crippen molar-refractivity contribution >= 4 is 0 Å². The average molecular weight is 214 g/mol. The van der Waals surface area contributed by atoms with Gasteiger partial charge in [0.15, 0.2) is 0 Å². The molecule has 2 aliphatic rings. The molecule has 2 nitrogen and oxygen atoms in total. The van der Waals surface area contributed by atoms with Gasteiger partial charge in [0.1, 0.15) is 5.76 Å². The van der Waals surface area contributed by atoms with Gasteiger partial charge in [-0.3, -0.25) is 0 Å². The zero-order valence-corrected chi connectivity index (χ0v) is 9.38. The van der Waals surface area contributed by atoms with E-state index in [-0.39, 0.29) is 0 Å². The third kappa shape index (κ3) is 2.48. The summed E-state index contributed by atoms with van der Waals surface area (Å²) in [5.41, 5.74) is 0. The van der Waals surface area contributed by atoms with Crippen LogP contribution in [0.1, 0.15) is 26.2 Å². The molecule has 0 N–H and O–H groups in total. The second-order valence-electron chi connectivity index (χ2n) is 3.74. The van der Waals surface area contributed by atoms with Gasteiger partial charge in [-0.2, -0.15) is 0 Å². The standard InChI is InChI=1S/C14H14O2/c1-2-3-4-5-8-13-9-11-14(16-13)10-6-7-12-15-14/h8-9,11H,6-7,10,12H2,1H3/b13-8-/t14-/m1/s1. The molecule has 0 bridgehead atoms. The van der Waals surface area contributed by atoms with Crippen LogP contribution in [0.3, 0.4) is 0 Å². The highest BCUT2D eigenvalue weighted by Crippen LogP contribution is 2.34. The third-order valence-corrected chi connectivity index (χ3v) is 2.53. The van der Waals surface area contributed by atoms with E-state index in [1.165, 1.54) is 0 Å². The molecule has 0 aromatic carbocycles. The first-order valence-electron chi connectivity index (χ1n) is 5.49. The zero-order chi connectivity index (χ0) is 11.3. The molecule has 1 atom stereocenters. The van der Waals surface area contributed by atoms with Crippen LogP contribution in [0, 0.1) is 23.7 Å². The minimum Gasteiger partial charge on any atom is -0.458 e. The summed E-state index contributed by atoms with van der Waals surface area (Å²) in [6.07, 6.45) is 8.80. The van der Waals surface area contributed by atoms with Gasteiger partial charge in [0.2, 0.25) is 5.79 Å². The SMILES string of the molecule is CC#CC#C/C=C1/C=C[C@@]2(CCCCO2)O1. The Bertz CT molecular complexity index is 429. The van der Waals surface area contributed by atoms with Gasteiger partial charge in [-0.1, -0.05) is 11.8 Å². The van der Waals surface area contributed by atoms with Crippen molar-refractivity contribution in [3.8, 4) is 23.7 Å². The Labute approximate surface area is 96.3 Å². The Morgan fingerprint density at radius 3 is 3.06 bits per heavy atom. The lowest BCUT2D eigenvalue weighted by Gasteiger charge is -2.31. The first-order valence-corrected chi connectivity index (χ1v) is 5.49. The number of hydrogen-bond donors (Lipinski definition) is 0. The molecule has 0 amide bonds. The van der Waals surface area contributed by atoms with Crippen molar-refractivity contribution in [1.82, 2.24) is 0 Å². The first kappa shape index (κ1) is 10.9. The zero-order valence-electron chi connectivity index (χ0n) is 9.38. The van der Waals surface area contributed by atoms with Crippen LogP contribution in [-0.2, 0) is 9.47 Å². The van der Waals surface area contributed by atoms with Crippen LogP contribution < -0.4 is 0 Å². The molecule has 2 rings (SSSR count). The van der Waals surface area contributed by atoms with Gasteiger partial charge in [0.25, 0.3) is 0 Å².